The van der Waals surface area contributed by atoms with Crippen LogP contribution in [0.1, 0.15) is 56.2 Å². The van der Waals surface area contributed by atoms with Crippen LogP contribution in [0.4, 0.5) is 11.4 Å². The fourth-order valence-electron chi connectivity index (χ4n) is 4.39. The van der Waals surface area contributed by atoms with Crippen LogP contribution in [0.25, 0.3) is 6.08 Å². The monoisotopic (exact) mass is 403 g/mol. The number of benzene rings is 2. The third-order valence-corrected chi connectivity index (χ3v) is 5.97. The lowest BCUT2D eigenvalue weighted by Crippen LogP contribution is -2.33. The molecule has 30 heavy (non-hydrogen) atoms. The van der Waals surface area contributed by atoms with Crippen LogP contribution >= 0.6 is 0 Å². The third kappa shape index (κ3) is 4.56. The highest BCUT2D eigenvalue weighted by atomic mass is 16.2. The van der Waals surface area contributed by atoms with E-state index in [0.717, 1.165) is 29.9 Å². The number of nitrogens with one attached hydrogen (secondary N) is 1. The number of fused-ring (bicyclic) bond motifs is 1. The van der Waals surface area contributed by atoms with E-state index in [1.807, 2.05) is 42.5 Å². The van der Waals surface area contributed by atoms with Crippen molar-refractivity contribution in [1.29, 1.82) is 0 Å². The van der Waals surface area contributed by atoms with Crippen LogP contribution in [0.5, 0.6) is 0 Å². The van der Waals surface area contributed by atoms with Crippen molar-refractivity contribution in [3.8, 4) is 0 Å². The summed E-state index contributed by atoms with van der Waals surface area (Å²) in [4.78, 5) is 29.0. The average Bonchev–Trinajstić information content (AvgIpc) is 3.04. The Morgan fingerprint density at radius 1 is 0.967 bits per heavy atom. The summed E-state index contributed by atoms with van der Waals surface area (Å²) in [6.07, 6.45) is 9.01. The van der Waals surface area contributed by atoms with Gasteiger partial charge in [-0.25, -0.2) is 0 Å². The van der Waals surface area contributed by atoms with Gasteiger partial charge in [0.05, 0.1) is 12.5 Å². The van der Waals surface area contributed by atoms with Gasteiger partial charge >= 0.3 is 0 Å². The first-order chi connectivity index (χ1) is 14.6. The Labute approximate surface area is 178 Å². The SMILES string of the molecule is CC(=O)N1C=Cc2ccccc2C1CC(=O)Nc1ccc(N2CCCCCC2)cc1. The van der Waals surface area contributed by atoms with E-state index < -0.39 is 0 Å². The topological polar surface area (TPSA) is 52.7 Å². The zero-order valence-electron chi connectivity index (χ0n) is 17.5. The zero-order valence-corrected chi connectivity index (χ0v) is 17.5. The molecular weight excluding hydrogens is 374 g/mol. The minimum absolute atomic E-state index is 0.0691. The van der Waals surface area contributed by atoms with Gasteiger partial charge < -0.3 is 15.1 Å². The first-order valence-electron chi connectivity index (χ1n) is 10.8. The predicted octanol–water partition coefficient (Wildman–Crippen LogP) is 4.97. The van der Waals surface area contributed by atoms with E-state index in [0.29, 0.717) is 0 Å². The fourth-order valence-corrected chi connectivity index (χ4v) is 4.39. The Kier molecular flexibility index (Phi) is 6.17. The number of carbonyl (C=O) groups excluding carboxylic acids is 2. The standard InChI is InChI=1S/C25H29N3O2/c1-19(29)28-17-14-20-8-4-5-9-23(20)24(28)18-25(30)26-21-10-12-22(13-11-21)27-15-6-2-3-7-16-27/h4-5,8-14,17,24H,2-3,6-7,15-16,18H2,1H3,(H,26,30). The molecule has 0 saturated carbocycles. The lowest BCUT2D eigenvalue weighted by atomic mass is 9.93. The second kappa shape index (κ2) is 9.16. The molecule has 0 bridgehead atoms. The summed E-state index contributed by atoms with van der Waals surface area (Å²) in [7, 11) is 0. The van der Waals surface area contributed by atoms with Crippen LogP contribution in [0.3, 0.4) is 0 Å². The molecule has 0 aromatic heterocycles. The summed E-state index contributed by atoms with van der Waals surface area (Å²) in [6, 6.07) is 15.7. The highest BCUT2D eigenvalue weighted by molar-refractivity contribution is 5.92. The summed E-state index contributed by atoms with van der Waals surface area (Å²) < 4.78 is 0. The molecular formula is C25H29N3O2. The van der Waals surface area contributed by atoms with Gasteiger partial charge in [-0.15, -0.1) is 0 Å². The maximum Gasteiger partial charge on any atom is 0.226 e. The molecule has 2 aliphatic heterocycles. The second-order valence-corrected chi connectivity index (χ2v) is 8.09. The number of nitrogens with zero attached hydrogens (tertiary/aromatic N) is 2. The van der Waals surface area contributed by atoms with Crippen molar-refractivity contribution in [3.05, 3.63) is 65.9 Å². The van der Waals surface area contributed by atoms with Crippen LogP contribution in [0.2, 0.25) is 0 Å². The summed E-state index contributed by atoms with van der Waals surface area (Å²) in [5.41, 5.74) is 4.05. The van der Waals surface area contributed by atoms with E-state index in [2.05, 4.69) is 22.3 Å². The number of hydrogen-bond donors (Lipinski definition) is 1. The van der Waals surface area contributed by atoms with Crippen LogP contribution in [-0.4, -0.2) is 29.8 Å². The Morgan fingerprint density at radius 2 is 1.67 bits per heavy atom. The second-order valence-electron chi connectivity index (χ2n) is 8.09. The molecule has 5 heteroatoms. The van der Waals surface area contributed by atoms with Crippen LogP contribution in [-0.2, 0) is 9.59 Å². The minimum Gasteiger partial charge on any atom is -0.372 e. The van der Waals surface area contributed by atoms with Gasteiger partial charge in [0.15, 0.2) is 0 Å². The van der Waals surface area contributed by atoms with Crippen molar-refractivity contribution in [2.24, 2.45) is 0 Å². The van der Waals surface area contributed by atoms with Crippen molar-refractivity contribution in [2.75, 3.05) is 23.3 Å². The summed E-state index contributed by atoms with van der Waals surface area (Å²) in [5, 5.41) is 3.00. The summed E-state index contributed by atoms with van der Waals surface area (Å²) >= 11 is 0. The number of rotatable bonds is 4. The molecule has 0 radical (unpaired) electrons. The Morgan fingerprint density at radius 3 is 2.37 bits per heavy atom. The summed E-state index contributed by atoms with van der Waals surface area (Å²) in [5.74, 6) is -0.167. The highest BCUT2D eigenvalue weighted by Gasteiger charge is 2.28. The molecule has 0 aliphatic carbocycles. The molecule has 2 amide bonds. The third-order valence-electron chi connectivity index (χ3n) is 5.97. The molecule has 4 rings (SSSR count). The van der Waals surface area contributed by atoms with Gasteiger partial charge in [-0.05, 0) is 54.3 Å². The Bertz CT molecular complexity index is 928. The Hall–Kier alpha value is -3.08. The average molecular weight is 404 g/mol. The van der Waals surface area contributed by atoms with Crippen LogP contribution in [0.15, 0.2) is 54.7 Å². The first kappa shape index (κ1) is 20.2. The van der Waals surface area contributed by atoms with Gasteiger partial charge in [0.25, 0.3) is 0 Å². The molecule has 1 fully saturated rings. The smallest absolute Gasteiger partial charge is 0.226 e. The maximum atomic E-state index is 12.8. The van der Waals surface area contributed by atoms with Crippen LogP contribution in [0, 0.1) is 0 Å². The maximum absolute atomic E-state index is 12.8. The normalized spacial score (nSPS) is 18.5. The number of hydrogen-bond acceptors (Lipinski definition) is 3. The van der Waals surface area contributed by atoms with Gasteiger partial charge in [-0.3, -0.25) is 9.59 Å². The molecule has 1 unspecified atom stereocenters. The van der Waals surface area contributed by atoms with Gasteiger partial charge in [-0.2, -0.15) is 0 Å². The molecule has 1 N–H and O–H groups in total. The molecule has 1 atom stereocenters. The van der Waals surface area contributed by atoms with Crippen molar-refractivity contribution in [3.63, 3.8) is 0 Å². The van der Waals surface area contributed by atoms with Gasteiger partial charge in [0.1, 0.15) is 0 Å². The van der Waals surface area contributed by atoms with Crippen molar-refractivity contribution in [2.45, 2.75) is 45.1 Å². The van der Waals surface area contributed by atoms with Crippen molar-refractivity contribution in [1.82, 2.24) is 4.90 Å². The molecule has 2 aromatic carbocycles. The zero-order chi connectivity index (χ0) is 20.9. The van der Waals surface area contributed by atoms with Gasteiger partial charge in [-0.1, -0.05) is 37.1 Å². The largest absolute Gasteiger partial charge is 0.372 e. The minimum atomic E-state index is -0.292. The Balaban J connectivity index is 1.43. The summed E-state index contributed by atoms with van der Waals surface area (Å²) in [6.45, 7) is 3.73. The number of amides is 2. The number of carbonyl (C=O) groups is 2. The van der Waals surface area contributed by atoms with E-state index in [4.69, 9.17) is 0 Å². The molecule has 0 spiro atoms. The highest BCUT2D eigenvalue weighted by Crippen LogP contribution is 2.33. The molecule has 156 valence electrons. The predicted molar refractivity (Wildman–Crippen MR) is 121 cm³/mol. The van der Waals surface area contributed by atoms with E-state index in [1.165, 1.54) is 38.3 Å². The van der Waals surface area contributed by atoms with Crippen LogP contribution < -0.4 is 10.2 Å². The number of anilines is 2. The van der Waals surface area contributed by atoms with Crippen molar-refractivity contribution < 1.29 is 9.59 Å². The molecule has 2 aromatic rings. The first-order valence-corrected chi connectivity index (χ1v) is 10.8. The molecule has 1 saturated heterocycles. The lowest BCUT2D eigenvalue weighted by molar-refractivity contribution is -0.129. The van der Waals surface area contributed by atoms with E-state index in [-0.39, 0.29) is 24.3 Å². The molecule has 5 nitrogen and oxygen atoms in total. The fraction of sp³-hybridized carbons (Fsp3) is 0.360. The van der Waals surface area contributed by atoms with E-state index >= 15 is 0 Å². The van der Waals surface area contributed by atoms with Gasteiger partial charge in [0, 0.05) is 37.6 Å². The molecule has 2 aliphatic rings. The van der Waals surface area contributed by atoms with Crippen molar-refractivity contribution >= 4 is 29.3 Å². The quantitative estimate of drug-likeness (QED) is 0.784. The lowest BCUT2D eigenvalue weighted by Gasteiger charge is -2.32. The van der Waals surface area contributed by atoms with Gasteiger partial charge in [0.2, 0.25) is 11.8 Å². The van der Waals surface area contributed by atoms with E-state index in [9.17, 15) is 9.59 Å². The van der Waals surface area contributed by atoms with E-state index in [1.54, 1.807) is 11.1 Å². The molecule has 2 heterocycles.